The van der Waals surface area contributed by atoms with Crippen molar-refractivity contribution in [3.05, 3.63) is 29.8 Å². The van der Waals surface area contributed by atoms with Crippen LogP contribution in [0.3, 0.4) is 0 Å². The molecule has 0 saturated carbocycles. The molecule has 1 unspecified atom stereocenters. The number of nitrogens with zero attached hydrogens (tertiary/aromatic N) is 2. The number of carbonyl (C=O) groups excluding carboxylic acids is 1. The maximum Gasteiger partial charge on any atom is 0.258 e. The third-order valence-electron chi connectivity index (χ3n) is 3.38. The molecule has 1 aliphatic rings. The quantitative estimate of drug-likeness (QED) is 0.306. The van der Waals surface area contributed by atoms with E-state index in [1.54, 1.807) is 24.3 Å². The second kappa shape index (κ2) is 6.94. The molecule has 21 heavy (non-hydrogen) atoms. The Bertz CT molecular complexity index is 515. The third-order valence-corrected chi connectivity index (χ3v) is 3.38. The standard InChI is InChI=1S/C14H20N4O3/c1-18-7-6-11(8-18)16-13(19)9-21-12-4-2-10(3-5-12)14(15)17-20/h2-5,11,20H,6-9H2,1H3,(H2,15,17)(H,16,19). The first-order valence-corrected chi connectivity index (χ1v) is 6.77. The van der Waals surface area contributed by atoms with Gasteiger partial charge in [-0.2, -0.15) is 0 Å². The minimum Gasteiger partial charge on any atom is -0.484 e. The number of benzene rings is 1. The molecule has 4 N–H and O–H groups in total. The molecular weight excluding hydrogens is 272 g/mol. The van der Waals surface area contributed by atoms with E-state index in [2.05, 4.69) is 15.4 Å². The summed E-state index contributed by atoms with van der Waals surface area (Å²) in [5.74, 6) is 0.462. The van der Waals surface area contributed by atoms with Crippen LogP contribution in [-0.2, 0) is 4.79 Å². The van der Waals surface area contributed by atoms with E-state index in [0.29, 0.717) is 11.3 Å². The molecule has 1 atom stereocenters. The van der Waals surface area contributed by atoms with Crippen LogP contribution in [0.2, 0.25) is 0 Å². The minimum atomic E-state index is -0.129. The van der Waals surface area contributed by atoms with Gasteiger partial charge in [-0.05, 0) is 44.3 Å². The summed E-state index contributed by atoms with van der Waals surface area (Å²) >= 11 is 0. The number of nitrogens with one attached hydrogen (secondary N) is 1. The van der Waals surface area contributed by atoms with Gasteiger partial charge in [-0.25, -0.2) is 0 Å². The van der Waals surface area contributed by atoms with Gasteiger partial charge in [0.15, 0.2) is 12.4 Å². The minimum absolute atomic E-state index is 0.0247. The number of hydrogen-bond donors (Lipinski definition) is 3. The summed E-state index contributed by atoms with van der Waals surface area (Å²) in [5, 5.41) is 14.4. The van der Waals surface area contributed by atoms with Gasteiger partial charge in [0.25, 0.3) is 5.91 Å². The molecule has 1 aromatic carbocycles. The molecule has 0 radical (unpaired) electrons. The van der Waals surface area contributed by atoms with Crippen molar-refractivity contribution in [2.45, 2.75) is 12.5 Å². The van der Waals surface area contributed by atoms with Gasteiger partial charge >= 0.3 is 0 Å². The van der Waals surface area contributed by atoms with Crippen molar-refractivity contribution in [3.8, 4) is 5.75 Å². The molecule has 2 rings (SSSR count). The second-order valence-corrected chi connectivity index (χ2v) is 5.11. The third kappa shape index (κ3) is 4.35. The molecular formula is C14H20N4O3. The monoisotopic (exact) mass is 292 g/mol. The van der Waals surface area contributed by atoms with Crippen LogP contribution < -0.4 is 15.8 Å². The molecule has 1 aromatic rings. The van der Waals surface area contributed by atoms with Crippen molar-refractivity contribution < 1.29 is 14.7 Å². The second-order valence-electron chi connectivity index (χ2n) is 5.11. The topological polar surface area (TPSA) is 100 Å². The maximum absolute atomic E-state index is 11.8. The number of ether oxygens (including phenoxy) is 1. The van der Waals surface area contributed by atoms with E-state index in [0.717, 1.165) is 19.5 Å². The van der Waals surface area contributed by atoms with Crippen LogP contribution in [0.25, 0.3) is 0 Å². The summed E-state index contributed by atoms with van der Waals surface area (Å²) in [5.41, 5.74) is 6.05. The van der Waals surface area contributed by atoms with Crippen LogP contribution in [0, 0.1) is 0 Å². The first-order chi connectivity index (χ1) is 10.1. The average molecular weight is 292 g/mol. The van der Waals surface area contributed by atoms with E-state index < -0.39 is 0 Å². The molecule has 1 saturated heterocycles. The lowest BCUT2D eigenvalue weighted by Crippen LogP contribution is -2.39. The number of likely N-dealkylation sites (tertiary alicyclic amines) is 1. The number of carbonyl (C=O) groups is 1. The Balaban J connectivity index is 1.78. The van der Waals surface area contributed by atoms with E-state index in [4.69, 9.17) is 15.7 Å². The van der Waals surface area contributed by atoms with Gasteiger partial charge < -0.3 is 25.9 Å². The molecule has 0 aliphatic carbocycles. The zero-order valence-electron chi connectivity index (χ0n) is 12.0. The van der Waals surface area contributed by atoms with Crippen molar-refractivity contribution in [1.29, 1.82) is 0 Å². The highest BCUT2D eigenvalue weighted by Crippen LogP contribution is 2.12. The lowest BCUT2D eigenvalue weighted by molar-refractivity contribution is -0.123. The molecule has 1 heterocycles. The Morgan fingerprint density at radius 3 is 2.81 bits per heavy atom. The Morgan fingerprint density at radius 2 is 2.24 bits per heavy atom. The summed E-state index contributed by atoms with van der Waals surface area (Å²) in [6, 6.07) is 6.87. The molecule has 114 valence electrons. The van der Waals surface area contributed by atoms with Crippen LogP contribution in [-0.4, -0.2) is 54.6 Å². The van der Waals surface area contributed by atoms with E-state index >= 15 is 0 Å². The maximum atomic E-state index is 11.8. The highest BCUT2D eigenvalue weighted by molar-refractivity contribution is 5.97. The zero-order valence-corrected chi connectivity index (χ0v) is 12.0. The first kappa shape index (κ1) is 15.1. The van der Waals surface area contributed by atoms with Crippen LogP contribution in [0.15, 0.2) is 29.4 Å². The van der Waals surface area contributed by atoms with Crippen LogP contribution in [0.4, 0.5) is 0 Å². The fraction of sp³-hybridized carbons (Fsp3) is 0.429. The average Bonchev–Trinajstić information content (AvgIpc) is 2.90. The molecule has 1 aliphatic heterocycles. The summed E-state index contributed by atoms with van der Waals surface area (Å²) in [6.45, 7) is 1.85. The zero-order chi connectivity index (χ0) is 15.2. The molecule has 0 spiro atoms. The Kier molecular flexibility index (Phi) is 4.99. The number of nitrogens with two attached hydrogens (primary N) is 1. The molecule has 7 nitrogen and oxygen atoms in total. The SMILES string of the molecule is CN1CCC(NC(=O)COc2ccc(C(N)=NO)cc2)C1. The predicted octanol–water partition coefficient (Wildman–Crippen LogP) is -0.0198. The smallest absolute Gasteiger partial charge is 0.258 e. The van der Waals surface area contributed by atoms with E-state index in [1.807, 2.05) is 7.05 Å². The number of hydrogen-bond acceptors (Lipinski definition) is 5. The Labute approximate surface area is 123 Å². The number of rotatable bonds is 5. The first-order valence-electron chi connectivity index (χ1n) is 6.77. The molecule has 7 heteroatoms. The van der Waals surface area contributed by atoms with Gasteiger partial charge in [-0.1, -0.05) is 5.16 Å². The Morgan fingerprint density at radius 1 is 1.52 bits per heavy atom. The normalized spacial score (nSPS) is 19.5. The van der Waals surface area contributed by atoms with Crippen molar-refractivity contribution in [2.24, 2.45) is 10.9 Å². The van der Waals surface area contributed by atoms with E-state index in [-0.39, 0.29) is 24.4 Å². The molecule has 0 bridgehead atoms. The van der Waals surface area contributed by atoms with Crippen molar-refractivity contribution in [1.82, 2.24) is 10.2 Å². The van der Waals surface area contributed by atoms with Gasteiger partial charge in [0.05, 0.1) is 0 Å². The highest BCUT2D eigenvalue weighted by atomic mass is 16.5. The van der Waals surface area contributed by atoms with Crippen LogP contribution in [0.5, 0.6) is 5.75 Å². The van der Waals surface area contributed by atoms with Gasteiger partial charge in [0.1, 0.15) is 5.75 Å². The number of amides is 1. The fourth-order valence-electron chi connectivity index (χ4n) is 2.25. The molecule has 1 fully saturated rings. The number of oxime groups is 1. The summed E-state index contributed by atoms with van der Waals surface area (Å²) in [4.78, 5) is 14.0. The van der Waals surface area contributed by atoms with Crippen LogP contribution >= 0.6 is 0 Å². The largest absolute Gasteiger partial charge is 0.484 e. The lowest BCUT2D eigenvalue weighted by atomic mass is 10.2. The van der Waals surface area contributed by atoms with Crippen molar-refractivity contribution >= 4 is 11.7 Å². The van der Waals surface area contributed by atoms with E-state index in [9.17, 15) is 4.79 Å². The van der Waals surface area contributed by atoms with Crippen molar-refractivity contribution in [2.75, 3.05) is 26.7 Å². The fourth-order valence-corrected chi connectivity index (χ4v) is 2.25. The van der Waals surface area contributed by atoms with Gasteiger partial charge in [0, 0.05) is 18.2 Å². The Hall–Kier alpha value is -2.28. The molecule has 0 aromatic heterocycles. The summed E-state index contributed by atoms with van der Waals surface area (Å²) in [7, 11) is 2.03. The summed E-state index contributed by atoms with van der Waals surface area (Å²) < 4.78 is 5.40. The molecule has 1 amide bonds. The van der Waals surface area contributed by atoms with Gasteiger partial charge in [0.2, 0.25) is 0 Å². The predicted molar refractivity (Wildman–Crippen MR) is 78.5 cm³/mol. The number of likely N-dealkylation sites (N-methyl/N-ethyl adjacent to an activating group) is 1. The summed E-state index contributed by atoms with van der Waals surface area (Å²) in [6.07, 6.45) is 0.969. The lowest BCUT2D eigenvalue weighted by Gasteiger charge is -2.13. The van der Waals surface area contributed by atoms with E-state index in [1.165, 1.54) is 0 Å². The number of amidine groups is 1. The van der Waals surface area contributed by atoms with Gasteiger partial charge in [-0.15, -0.1) is 0 Å². The highest BCUT2D eigenvalue weighted by Gasteiger charge is 2.20. The van der Waals surface area contributed by atoms with Crippen LogP contribution in [0.1, 0.15) is 12.0 Å². The van der Waals surface area contributed by atoms with Gasteiger partial charge in [-0.3, -0.25) is 4.79 Å². The van der Waals surface area contributed by atoms with Crippen molar-refractivity contribution in [3.63, 3.8) is 0 Å².